The molecule has 1 rings (SSSR count). The lowest BCUT2D eigenvalue weighted by Crippen LogP contribution is -1.94. The SMILES string of the molecule is CCCc1cnc(CC(C)=O)s1. The van der Waals surface area contributed by atoms with E-state index in [0.717, 1.165) is 17.8 Å². The molecule has 66 valence electrons. The van der Waals surface area contributed by atoms with E-state index in [-0.39, 0.29) is 5.78 Å². The van der Waals surface area contributed by atoms with Gasteiger partial charge in [-0.05, 0) is 13.3 Å². The highest BCUT2D eigenvalue weighted by molar-refractivity contribution is 7.11. The standard InChI is InChI=1S/C9H13NOS/c1-3-4-8-6-10-9(12-8)5-7(2)11/h6H,3-5H2,1-2H3. The molecular formula is C9H13NOS. The Balaban J connectivity index is 2.58. The molecular weight excluding hydrogens is 170 g/mol. The van der Waals surface area contributed by atoms with Gasteiger partial charge in [0.25, 0.3) is 0 Å². The van der Waals surface area contributed by atoms with E-state index in [1.54, 1.807) is 18.3 Å². The molecule has 0 amide bonds. The van der Waals surface area contributed by atoms with Crippen LogP contribution in [0, 0.1) is 0 Å². The molecule has 0 fully saturated rings. The lowest BCUT2D eigenvalue weighted by Gasteiger charge is -1.88. The summed E-state index contributed by atoms with van der Waals surface area (Å²) in [5.74, 6) is 0.187. The Morgan fingerprint density at radius 1 is 1.67 bits per heavy atom. The van der Waals surface area contributed by atoms with Crippen molar-refractivity contribution in [3.63, 3.8) is 0 Å². The van der Waals surface area contributed by atoms with Gasteiger partial charge in [-0.1, -0.05) is 13.3 Å². The summed E-state index contributed by atoms with van der Waals surface area (Å²) in [4.78, 5) is 16.2. The first-order chi connectivity index (χ1) is 5.72. The fraction of sp³-hybridized carbons (Fsp3) is 0.556. The van der Waals surface area contributed by atoms with Crippen molar-refractivity contribution in [1.82, 2.24) is 4.98 Å². The zero-order chi connectivity index (χ0) is 8.97. The van der Waals surface area contributed by atoms with Crippen LogP contribution in [0.3, 0.4) is 0 Å². The average molecular weight is 183 g/mol. The molecule has 0 unspecified atom stereocenters. The van der Waals surface area contributed by atoms with Gasteiger partial charge in [0.05, 0.1) is 6.42 Å². The van der Waals surface area contributed by atoms with Crippen molar-refractivity contribution in [3.8, 4) is 0 Å². The molecule has 1 aromatic heterocycles. The molecule has 2 nitrogen and oxygen atoms in total. The first kappa shape index (κ1) is 9.39. The van der Waals surface area contributed by atoms with Gasteiger partial charge in [0.15, 0.2) is 0 Å². The van der Waals surface area contributed by atoms with Gasteiger partial charge in [0.2, 0.25) is 0 Å². The van der Waals surface area contributed by atoms with Crippen molar-refractivity contribution in [2.45, 2.75) is 33.1 Å². The molecule has 0 aromatic carbocycles. The monoisotopic (exact) mass is 183 g/mol. The average Bonchev–Trinajstić information content (AvgIpc) is 2.36. The Labute approximate surface area is 76.6 Å². The molecule has 0 saturated heterocycles. The molecule has 0 radical (unpaired) electrons. The number of thiazole rings is 1. The van der Waals surface area contributed by atoms with Crippen LogP contribution in [0.4, 0.5) is 0 Å². The second-order valence-corrected chi connectivity index (χ2v) is 4.05. The Bertz CT molecular complexity index is 267. The maximum Gasteiger partial charge on any atom is 0.136 e. The normalized spacial score (nSPS) is 10.2. The van der Waals surface area contributed by atoms with Crippen LogP contribution in [0.15, 0.2) is 6.20 Å². The minimum absolute atomic E-state index is 0.187. The van der Waals surface area contributed by atoms with Gasteiger partial charge in [0, 0.05) is 11.1 Å². The van der Waals surface area contributed by atoms with Gasteiger partial charge in [-0.2, -0.15) is 0 Å². The fourth-order valence-corrected chi connectivity index (χ4v) is 2.10. The second-order valence-electron chi connectivity index (χ2n) is 2.85. The number of ketones is 1. The minimum atomic E-state index is 0.187. The van der Waals surface area contributed by atoms with E-state index >= 15 is 0 Å². The molecule has 0 N–H and O–H groups in total. The van der Waals surface area contributed by atoms with Crippen molar-refractivity contribution >= 4 is 17.1 Å². The smallest absolute Gasteiger partial charge is 0.136 e. The van der Waals surface area contributed by atoms with Gasteiger partial charge >= 0.3 is 0 Å². The Morgan fingerprint density at radius 2 is 2.42 bits per heavy atom. The molecule has 0 bridgehead atoms. The number of carbonyl (C=O) groups is 1. The van der Waals surface area contributed by atoms with Crippen LogP contribution in [-0.2, 0) is 17.6 Å². The van der Waals surface area contributed by atoms with Crippen molar-refractivity contribution in [1.29, 1.82) is 0 Å². The maximum absolute atomic E-state index is 10.7. The van der Waals surface area contributed by atoms with E-state index in [1.807, 2.05) is 6.20 Å². The summed E-state index contributed by atoms with van der Waals surface area (Å²) in [6, 6.07) is 0. The Hall–Kier alpha value is -0.700. The number of Topliss-reactive ketones (excluding diaryl/α,β-unsaturated/α-hetero) is 1. The van der Waals surface area contributed by atoms with E-state index in [2.05, 4.69) is 11.9 Å². The lowest BCUT2D eigenvalue weighted by atomic mass is 10.3. The minimum Gasteiger partial charge on any atom is -0.300 e. The zero-order valence-electron chi connectivity index (χ0n) is 7.46. The number of carbonyl (C=O) groups excluding carboxylic acids is 1. The Kier molecular flexibility index (Phi) is 3.41. The van der Waals surface area contributed by atoms with Gasteiger partial charge in [-0.15, -0.1) is 11.3 Å². The molecule has 1 heterocycles. The molecule has 0 spiro atoms. The maximum atomic E-state index is 10.7. The Morgan fingerprint density at radius 3 is 3.00 bits per heavy atom. The van der Waals surface area contributed by atoms with Crippen LogP contribution in [0.5, 0.6) is 0 Å². The number of aromatic nitrogens is 1. The van der Waals surface area contributed by atoms with Gasteiger partial charge in [-0.25, -0.2) is 4.98 Å². The predicted molar refractivity (Wildman–Crippen MR) is 50.5 cm³/mol. The van der Waals surface area contributed by atoms with Crippen LogP contribution in [0.1, 0.15) is 30.2 Å². The van der Waals surface area contributed by atoms with E-state index in [9.17, 15) is 4.79 Å². The van der Waals surface area contributed by atoms with E-state index in [4.69, 9.17) is 0 Å². The third kappa shape index (κ3) is 2.74. The molecule has 0 atom stereocenters. The molecule has 0 saturated carbocycles. The van der Waals surface area contributed by atoms with Crippen molar-refractivity contribution in [3.05, 3.63) is 16.1 Å². The first-order valence-electron chi connectivity index (χ1n) is 4.15. The van der Waals surface area contributed by atoms with E-state index in [0.29, 0.717) is 6.42 Å². The zero-order valence-corrected chi connectivity index (χ0v) is 8.28. The molecule has 0 aliphatic rings. The summed E-state index contributed by atoms with van der Waals surface area (Å²) in [7, 11) is 0. The summed E-state index contributed by atoms with van der Waals surface area (Å²) in [6.45, 7) is 3.74. The number of rotatable bonds is 4. The third-order valence-electron chi connectivity index (χ3n) is 1.50. The summed E-state index contributed by atoms with van der Waals surface area (Å²) in [5, 5.41) is 0.950. The fourth-order valence-electron chi connectivity index (χ4n) is 1.00. The second kappa shape index (κ2) is 4.36. The predicted octanol–water partition coefficient (Wildman–Crippen LogP) is 2.23. The highest BCUT2D eigenvalue weighted by Crippen LogP contribution is 2.15. The summed E-state index contributed by atoms with van der Waals surface area (Å²) < 4.78 is 0. The van der Waals surface area contributed by atoms with Crippen LogP contribution >= 0.6 is 11.3 Å². The number of hydrogen-bond donors (Lipinski definition) is 0. The summed E-state index contributed by atoms with van der Waals surface area (Å²) in [6.07, 6.45) is 4.60. The topological polar surface area (TPSA) is 30.0 Å². The highest BCUT2D eigenvalue weighted by atomic mass is 32.1. The largest absolute Gasteiger partial charge is 0.300 e. The summed E-state index contributed by atoms with van der Waals surface area (Å²) in [5.41, 5.74) is 0. The molecule has 0 aliphatic heterocycles. The van der Waals surface area contributed by atoms with Crippen molar-refractivity contribution < 1.29 is 4.79 Å². The highest BCUT2D eigenvalue weighted by Gasteiger charge is 2.03. The van der Waals surface area contributed by atoms with Gasteiger partial charge in [-0.3, -0.25) is 4.79 Å². The van der Waals surface area contributed by atoms with E-state index < -0.39 is 0 Å². The number of aryl methyl sites for hydroxylation is 1. The van der Waals surface area contributed by atoms with Crippen LogP contribution in [-0.4, -0.2) is 10.8 Å². The quantitative estimate of drug-likeness (QED) is 0.716. The first-order valence-corrected chi connectivity index (χ1v) is 4.97. The van der Waals surface area contributed by atoms with Gasteiger partial charge < -0.3 is 0 Å². The molecule has 3 heteroatoms. The molecule has 12 heavy (non-hydrogen) atoms. The van der Waals surface area contributed by atoms with Crippen LogP contribution < -0.4 is 0 Å². The van der Waals surface area contributed by atoms with Crippen LogP contribution in [0.25, 0.3) is 0 Å². The van der Waals surface area contributed by atoms with Crippen molar-refractivity contribution in [2.75, 3.05) is 0 Å². The third-order valence-corrected chi connectivity index (χ3v) is 2.56. The number of hydrogen-bond acceptors (Lipinski definition) is 3. The summed E-state index contributed by atoms with van der Waals surface area (Å²) >= 11 is 1.65. The molecule has 0 aliphatic carbocycles. The van der Waals surface area contributed by atoms with E-state index in [1.165, 1.54) is 4.88 Å². The van der Waals surface area contributed by atoms with Gasteiger partial charge in [0.1, 0.15) is 10.8 Å². The number of nitrogens with zero attached hydrogens (tertiary/aromatic N) is 1. The van der Waals surface area contributed by atoms with Crippen LogP contribution in [0.2, 0.25) is 0 Å². The van der Waals surface area contributed by atoms with Crippen molar-refractivity contribution in [2.24, 2.45) is 0 Å². The molecule has 1 aromatic rings. The lowest BCUT2D eigenvalue weighted by molar-refractivity contribution is -0.116.